The number of ether oxygens (including phenoxy) is 4. The summed E-state index contributed by atoms with van der Waals surface area (Å²) < 4.78 is 26.0. The van der Waals surface area contributed by atoms with Crippen molar-refractivity contribution in [3.63, 3.8) is 0 Å². The van der Waals surface area contributed by atoms with Crippen LogP contribution < -0.4 is 18.9 Å². The van der Waals surface area contributed by atoms with Gasteiger partial charge in [-0.25, -0.2) is 0 Å². The van der Waals surface area contributed by atoms with Crippen LogP contribution in [-0.2, 0) is 4.79 Å². The summed E-state index contributed by atoms with van der Waals surface area (Å²) >= 11 is 13.6. The van der Waals surface area contributed by atoms with Gasteiger partial charge in [0, 0.05) is 48.9 Å². The van der Waals surface area contributed by atoms with Crippen molar-refractivity contribution in [2.45, 2.75) is 11.8 Å². The molecule has 0 aliphatic carbocycles. The van der Waals surface area contributed by atoms with E-state index in [1.165, 1.54) is 7.11 Å². The summed E-state index contributed by atoms with van der Waals surface area (Å²) in [6, 6.07) is 18.4. The highest BCUT2D eigenvalue weighted by Crippen LogP contribution is 2.51. The fourth-order valence-electron chi connectivity index (χ4n) is 4.99. The van der Waals surface area contributed by atoms with E-state index in [4.69, 9.17) is 18.9 Å². The molecular weight excluding hydrogens is 803 g/mol. The van der Waals surface area contributed by atoms with Crippen LogP contribution in [0.5, 0.6) is 34.5 Å². The quantitative estimate of drug-likeness (QED) is 0.199. The second-order valence-corrected chi connectivity index (χ2v) is 12.8. The van der Waals surface area contributed by atoms with Gasteiger partial charge in [0.1, 0.15) is 40.4 Å². The van der Waals surface area contributed by atoms with Crippen molar-refractivity contribution < 1.29 is 34.0 Å². The fourth-order valence-corrected chi connectivity index (χ4v) is 6.58. The van der Waals surface area contributed by atoms with E-state index >= 15 is 0 Å². The van der Waals surface area contributed by atoms with E-state index in [-0.39, 0.29) is 20.9 Å². The summed E-state index contributed by atoms with van der Waals surface area (Å²) in [4.78, 5) is 11.8. The summed E-state index contributed by atoms with van der Waals surface area (Å²) in [7, 11) is 3.13. The van der Waals surface area contributed by atoms with Gasteiger partial charge in [0.05, 0.1) is 26.4 Å². The minimum atomic E-state index is -0.945. The highest BCUT2D eigenvalue weighted by atomic mass is 79.9. The van der Waals surface area contributed by atoms with E-state index in [0.717, 1.165) is 34.8 Å². The number of aliphatic carboxylic acids is 1. The molecule has 0 saturated carbocycles. The Morgan fingerprint density at radius 1 is 0.714 bits per heavy atom. The van der Waals surface area contributed by atoms with Gasteiger partial charge in [-0.2, -0.15) is 0 Å². The first-order chi connectivity index (χ1) is 19.6. The molecule has 2 heterocycles. The molecule has 42 heavy (non-hydrogen) atoms. The standard InChI is InChI=1S/C15H10Br2O4.C15H12Br2O3.B/c1-20-11-5-8(17)6-12-14(11)13(15(18)19)9-4-7(16)2-3-10(9)21-12;1-19-13-5-9(17)6-14-15(13)11(7-18)10-4-8(16)2-3-12(10)20-14;/h2-6,13H,1H3,(H,18,19);2-6,11,18H,7H2,1H3;. The summed E-state index contributed by atoms with van der Waals surface area (Å²) in [5, 5.41) is 19.5. The first-order valence-corrected chi connectivity index (χ1v) is 15.4. The lowest BCUT2D eigenvalue weighted by Gasteiger charge is -2.28. The zero-order valence-corrected chi connectivity index (χ0v) is 28.5. The molecular formula is C30H22BBr4O7. The predicted octanol–water partition coefficient (Wildman–Crippen LogP) is 8.61. The van der Waals surface area contributed by atoms with Gasteiger partial charge in [0.15, 0.2) is 0 Å². The van der Waals surface area contributed by atoms with Gasteiger partial charge in [0.2, 0.25) is 0 Å². The molecule has 2 atom stereocenters. The maximum Gasteiger partial charge on any atom is 0.315 e. The molecule has 3 radical (unpaired) electrons. The molecule has 0 saturated heterocycles. The van der Waals surface area contributed by atoms with Gasteiger partial charge in [-0.3, -0.25) is 4.79 Å². The SMILES string of the molecule is COc1cc(Br)cc2c1C(C(=O)O)c1cc(Br)ccc1O2.COc1cc(Br)cc2c1C(CO)c1cc(Br)ccc1O2.[B]. The number of carbonyl (C=O) groups is 1. The number of carboxylic acid groups (broad SMARTS) is 1. The van der Waals surface area contributed by atoms with Crippen LogP contribution in [0.4, 0.5) is 0 Å². The molecule has 215 valence electrons. The van der Waals surface area contributed by atoms with Gasteiger partial charge in [-0.05, 0) is 60.7 Å². The minimum Gasteiger partial charge on any atom is -0.496 e. The number of carboxylic acids is 1. The van der Waals surface area contributed by atoms with Gasteiger partial charge in [0.25, 0.3) is 0 Å². The molecule has 0 aromatic heterocycles. The Morgan fingerprint density at radius 3 is 1.69 bits per heavy atom. The van der Waals surface area contributed by atoms with Crippen molar-refractivity contribution in [3.8, 4) is 34.5 Å². The van der Waals surface area contributed by atoms with Crippen molar-refractivity contribution in [2.24, 2.45) is 0 Å². The fraction of sp³-hybridized carbons (Fsp3) is 0.167. The van der Waals surface area contributed by atoms with Crippen LogP contribution in [0, 0.1) is 0 Å². The maximum absolute atomic E-state index is 11.8. The van der Waals surface area contributed by atoms with E-state index in [1.807, 2.05) is 36.4 Å². The monoisotopic (exact) mass is 821 g/mol. The lowest BCUT2D eigenvalue weighted by molar-refractivity contribution is -0.137. The molecule has 2 aliphatic rings. The van der Waals surface area contributed by atoms with Crippen LogP contribution in [0.25, 0.3) is 0 Å². The van der Waals surface area contributed by atoms with E-state index in [1.54, 1.807) is 31.4 Å². The number of benzene rings is 4. The summed E-state index contributed by atoms with van der Waals surface area (Å²) in [5.74, 6) is 1.77. The average Bonchev–Trinajstić information content (AvgIpc) is 2.94. The number of rotatable bonds is 4. The number of aliphatic hydroxyl groups excluding tert-OH is 1. The van der Waals surface area contributed by atoms with Crippen molar-refractivity contribution in [1.29, 1.82) is 0 Å². The third-order valence-electron chi connectivity index (χ3n) is 6.71. The zero-order valence-electron chi connectivity index (χ0n) is 22.2. The number of hydrogen-bond donors (Lipinski definition) is 2. The number of aliphatic hydroxyl groups is 1. The Bertz CT molecular complexity index is 1660. The second-order valence-electron chi connectivity index (χ2n) is 9.11. The predicted molar refractivity (Wildman–Crippen MR) is 174 cm³/mol. The van der Waals surface area contributed by atoms with Crippen LogP contribution >= 0.6 is 63.7 Å². The smallest absolute Gasteiger partial charge is 0.315 e. The molecule has 0 fully saturated rings. The van der Waals surface area contributed by atoms with Gasteiger partial charge in [-0.15, -0.1) is 0 Å². The zero-order chi connectivity index (χ0) is 29.4. The first kappa shape index (κ1) is 32.4. The highest BCUT2D eigenvalue weighted by molar-refractivity contribution is 9.11. The van der Waals surface area contributed by atoms with Crippen molar-refractivity contribution >= 4 is 78.1 Å². The highest BCUT2D eigenvalue weighted by Gasteiger charge is 2.36. The van der Waals surface area contributed by atoms with Crippen LogP contribution in [0.2, 0.25) is 0 Å². The lowest BCUT2D eigenvalue weighted by Crippen LogP contribution is -2.19. The van der Waals surface area contributed by atoms with Crippen LogP contribution in [0.1, 0.15) is 34.1 Å². The Kier molecular flexibility index (Phi) is 10.4. The third-order valence-corrected chi connectivity index (χ3v) is 8.62. The molecule has 2 unspecified atom stereocenters. The van der Waals surface area contributed by atoms with E-state index in [9.17, 15) is 15.0 Å². The van der Waals surface area contributed by atoms with E-state index < -0.39 is 11.9 Å². The number of hydrogen-bond acceptors (Lipinski definition) is 6. The van der Waals surface area contributed by atoms with E-state index in [0.29, 0.717) is 39.9 Å². The van der Waals surface area contributed by atoms with Gasteiger partial charge >= 0.3 is 5.97 Å². The number of fused-ring (bicyclic) bond motifs is 4. The Hall–Kier alpha value is -2.51. The molecule has 0 spiro atoms. The topological polar surface area (TPSA) is 94.5 Å². The molecule has 4 aromatic rings. The molecule has 2 N–H and O–H groups in total. The van der Waals surface area contributed by atoms with Crippen LogP contribution in [0.3, 0.4) is 0 Å². The minimum absolute atomic E-state index is 0. The van der Waals surface area contributed by atoms with E-state index in [2.05, 4.69) is 63.7 Å². The Labute approximate surface area is 278 Å². The average molecular weight is 825 g/mol. The lowest BCUT2D eigenvalue weighted by atomic mass is 9.87. The Balaban J connectivity index is 0.000000189. The largest absolute Gasteiger partial charge is 0.496 e. The van der Waals surface area contributed by atoms with Gasteiger partial charge in [-0.1, -0.05) is 63.7 Å². The maximum atomic E-state index is 11.8. The van der Waals surface area contributed by atoms with Crippen molar-refractivity contribution in [3.05, 3.63) is 101 Å². The Morgan fingerprint density at radius 2 is 1.19 bits per heavy atom. The summed E-state index contributed by atoms with van der Waals surface area (Å²) in [6.45, 7) is -0.00218. The summed E-state index contributed by atoms with van der Waals surface area (Å²) in [5.41, 5.74) is 2.96. The second kappa shape index (κ2) is 13.4. The normalized spacial score (nSPS) is 15.5. The van der Waals surface area contributed by atoms with Gasteiger partial charge < -0.3 is 29.2 Å². The molecule has 4 aromatic carbocycles. The first-order valence-electron chi connectivity index (χ1n) is 12.2. The number of methoxy groups -OCH3 is 2. The molecule has 12 heteroatoms. The molecule has 7 nitrogen and oxygen atoms in total. The third kappa shape index (κ3) is 6.24. The van der Waals surface area contributed by atoms with Crippen LogP contribution in [-0.4, -0.2) is 45.4 Å². The molecule has 6 rings (SSSR count). The molecule has 0 bridgehead atoms. The molecule has 0 amide bonds. The number of halogens is 4. The molecule has 2 aliphatic heterocycles. The van der Waals surface area contributed by atoms with Crippen molar-refractivity contribution in [1.82, 2.24) is 0 Å². The van der Waals surface area contributed by atoms with Crippen LogP contribution in [0.15, 0.2) is 78.6 Å². The summed E-state index contributed by atoms with van der Waals surface area (Å²) in [6.07, 6.45) is 0. The van der Waals surface area contributed by atoms with Crippen molar-refractivity contribution in [2.75, 3.05) is 20.8 Å².